The molecule has 0 unspecified atom stereocenters. The highest BCUT2D eigenvalue weighted by Gasteiger charge is 2.31. The molecule has 1 aromatic carbocycles. The summed E-state index contributed by atoms with van der Waals surface area (Å²) >= 11 is 5.86. The summed E-state index contributed by atoms with van der Waals surface area (Å²) < 4.78 is 0. The van der Waals surface area contributed by atoms with Gasteiger partial charge < -0.3 is 17.0 Å². The molecule has 0 spiro atoms. The fourth-order valence-corrected chi connectivity index (χ4v) is 4.72. The van der Waals surface area contributed by atoms with Crippen LogP contribution >= 0.6 is 18.9 Å². The maximum absolute atomic E-state index is 5.86. The number of halogens is 2. The molecule has 0 atom stereocenters. The number of allylic oxidation sites excluding steroid dienone is 2. The highest BCUT2D eigenvalue weighted by Crippen LogP contribution is 2.58. The molecule has 0 nitrogen and oxygen atoms in total. The Balaban J connectivity index is 0.00000128. The smallest absolute Gasteiger partial charge is 0.0775 e. The van der Waals surface area contributed by atoms with Crippen molar-refractivity contribution in [2.24, 2.45) is 0 Å². The van der Waals surface area contributed by atoms with Gasteiger partial charge in [0.1, 0.15) is 0 Å². The first-order chi connectivity index (χ1) is 7.18. The lowest BCUT2D eigenvalue weighted by Crippen LogP contribution is -3.00. The molecule has 88 valence electrons. The van der Waals surface area contributed by atoms with E-state index in [0.29, 0.717) is 0 Å². The van der Waals surface area contributed by atoms with Crippen LogP contribution in [0.2, 0.25) is 5.02 Å². The van der Waals surface area contributed by atoms with Crippen molar-refractivity contribution < 1.29 is 17.0 Å². The Morgan fingerprint density at radius 3 is 2.25 bits per heavy atom. The maximum Gasteiger partial charge on any atom is 0.0775 e. The van der Waals surface area contributed by atoms with E-state index in [1.54, 1.807) is 0 Å². The predicted octanol–water partition coefficient (Wildman–Crippen LogP) is 1.10. The summed E-state index contributed by atoms with van der Waals surface area (Å²) in [5.74, 6) is 0. The van der Waals surface area contributed by atoms with Crippen molar-refractivity contribution >= 4 is 18.9 Å². The van der Waals surface area contributed by atoms with E-state index in [9.17, 15) is 0 Å². The molecule has 0 saturated heterocycles. The van der Waals surface area contributed by atoms with Crippen molar-refractivity contribution in [1.29, 1.82) is 0 Å². The lowest BCUT2D eigenvalue weighted by molar-refractivity contribution is -0.00000309. The Morgan fingerprint density at radius 1 is 1.12 bits per heavy atom. The lowest BCUT2D eigenvalue weighted by atomic mass is 10.2. The minimum Gasteiger partial charge on any atom is -1.00 e. The van der Waals surface area contributed by atoms with Gasteiger partial charge in [-0.1, -0.05) is 23.7 Å². The fourth-order valence-electron chi connectivity index (χ4n) is 1.97. The quantitative estimate of drug-likeness (QED) is 0.578. The third-order valence-electron chi connectivity index (χ3n) is 3.11. The predicted molar refractivity (Wildman–Crippen MR) is 71.7 cm³/mol. The summed E-state index contributed by atoms with van der Waals surface area (Å²) in [5, 5.41) is 0.835. The second kappa shape index (κ2) is 6.19. The summed E-state index contributed by atoms with van der Waals surface area (Å²) in [5.41, 5.74) is 1.42. The maximum atomic E-state index is 5.86. The molecule has 0 amide bonds. The van der Waals surface area contributed by atoms with Gasteiger partial charge >= 0.3 is 0 Å². The van der Waals surface area contributed by atoms with Crippen LogP contribution in [0, 0.1) is 0 Å². The van der Waals surface area contributed by atoms with Crippen LogP contribution in [0.3, 0.4) is 0 Å². The minimum absolute atomic E-state index is 0. The molecular formula is C13H17BrClP. The van der Waals surface area contributed by atoms with Gasteiger partial charge in [-0.15, -0.1) is 0 Å². The van der Waals surface area contributed by atoms with Crippen LogP contribution in [0.5, 0.6) is 0 Å². The van der Waals surface area contributed by atoms with Gasteiger partial charge in [0.2, 0.25) is 0 Å². The van der Waals surface area contributed by atoms with Crippen molar-refractivity contribution in [2.75, 3.05) is 25.2 Å². The number of hydrogen-bond donors (Lipinski definition) is 0. The zero-order valence-corrected chi connectivity index (χ0v) is 12.7. The van der Waals surface area contributed by atoms with Crippen molar-refractivity contribution in [3.63, 3.8) is 0 Å². The molecule has 0 bridgehead atoms. The molecule has 1 aliphatic heterocycles. The van der Waals surface area contributed by atoms with Crippen LogP contribution in [0.1, 0.15) is 5.56 Å². The summed E-state index contributed by atoms with van der Waals surface area (Å²) in [6, 6.07) is 8.28. The molecule has 0 fully saturated rings. The van der Waals surface area contributed by atoms with Crippen molar-refractivity contribution in [3.8, 4) is 0 Å². The largest absolute Gasteiger partial charge is 1.00 e. The first kappa shape index (κ1) is 14.2. The zero-order valence-electron chi connectivity index (χ0n) is 9.50. The highest BCUT2D eigenvalue weighted by atomic mass is 79.9. The lowest BCUT2D eigenvalue weighted by Gasteiger charge is -2.16. The Labute approximate surface area is 114 Å². The van der Waals surface area contributed by atoms with E-state index in [-0.39, 0.29) is 17.0 Å². The standard InChI is InChI=1S/C13H17ClP.BrH/c1-15(9-2-3-10-15)11-8-12-4-6-13(14)7-5-12;/h2-7H,8-11H2,1H3;1H/q+1;/p-1. The van der Waals surface area contributed by atoms with E-state index in [4.69, 9.17) is 11.6 Å². The Morgan fingerprint density at radius 2 is 1.69 bits per heavy atom. The van der Waals surface area contributed by atoms with Crippen LogP contribution in [-0.2, 0) is 6.42 Å². The van der Waals surface area contributed by atoms with Crippen molar-refractivity contribution in [2.45, 2.75) is 6.42 Å². The summed E-state index contributed by atoms with van der Waals surface area (Å²) in [6.07, 6.45) is 10.00. The molecule has 0 aromatic heterocycles. The molecule has 1 aromatic rings. The average molecular weight is 320 g/mol. The molecule has 0 aliphatic carbocycles. The van der Waals surface area contributed by atoms with Gasteiger partial charge in [-0.25, -0.2) is 0 Å². The van der Waals surface area contributed by atoms with E-state index in [2.05, 4.69) is 30.9 Å². The van der Waals surface area contributed by atoms with E-state index in [1.165, 1.54) is 30.5 Å². The second-order valence-corrected chi connectivity index (χ2v) is 9.41. The number of benzene rings is 1. The van der Waals surface area contributed by atoms with Gasteiger partial charge in [0.15, 0.2) is 0 Å². The molecule has 1 aliphatic rings. The van der Waals surface area contributed by atoms with Gasteiger partial charge in [0, 0.05) is 25.4 Å². The fraction of sp³-hybridized carbons (Fsp3) is 0.385. The molecule has 3 heteroatoms. The van der Waals surface area contributed by atoms with Crippen LogP contribution in [0.15, 0.2) is 36.4 Å². The number of aryl methyl sites for hydroxylation is 1. The van der Waals surface area contributed by atoms with Crippen molar-refractivity contribution in [3.05, 3.63) is 47.0 Å². The van der Waals surface area contributed by atoms with Gasteiger partial charge in [-0.05, 0) is 29.8 Å². The highest BCUT2D eigenvalue weighted by molar-refractivity contribution is 7.75. The first-order valence-corrected chi connectivity index (χ1v) is 8.58. The van der Waals surface area contributed by atoms with Crippen molar-refractivity contribution in [1.82, 2.24) is 0 Å². The van der Waals surface area contributed by atoms with Crippen LogP contribution in [0.4, 0.5) is 0 Å². The molecule has 16 heavy (non-hydrogen) atoms. The van der Waals surface area contributed by atoms with Crippen LogP contribution < -0.4 is 17.0 Å². The van der Waals surface area contributed by atoms with Crippen LogP contribution in [-0.4, -0.2) is 25.2 Å². The third-order valence-corrected chi connectivity index (χ3v) is 6.85. The van der Waals surface area contributed by atoms with E-state index < -0.39 is 7.26 Å². The zero-order chi connectivity index (χ0) is 10.7. The van der Waals surface area contributed by atoms with E-state index in [1.807, 2.05) is 12.1 Å². The molecule has 0 saturated carbocycles. The second-order valence-electron chi connectivity index (χ2n) is 4.56. The van der Waals surface area contributed by atoms with Crippen LogP contribution in [0.25, 0.3) is 0 Å². The molecule has 2 rings (SSSR count). The third kappa shape index (κ3) is 3.87. The van der Waals surface area contributed by atoms with Gasteiger partial charge in [-0.3, -0.25) is 0 Å². The van der Waals surface area contributed by atoms with Gasteiger partial charge in [0.05, 0.1) is 18.5 Å². The Kier molecular flexibility index (Phi) is 5.50. The topological polar surface area (TPSA) is 0 Å². The number of rotatable bonds is 3. The van der Waals surface area contributed by atoms with Gasteiger partial charge in [-0.2, -0.15) is 0 Å². The summed E-state index contributed by atoms with van der Waals surface area (Å²) in [6.45, 7) is 2.49. The normalized spacial score (nSPS) is 17.1. The molecular weight excluding hydrogens is 302 g/mol. The Bertz CT molecular complexity index is 351. The summed E-state index contributed by atoms with van der Waals surface area (Å²) in [4.78, 5) is 0. The molecule has 0 N–H and O–H groups in total. The van der Waals surface area contributed by atoms with Gasteiger partial charge in [0.25, 0.3) is 0 Å². The Hall–Kier alpha value is 0.160. The average Bonchev–Trinajstić information content (AvgIpc) is 2.65. The monoisotopic (exact) mass is 318 g/mol. The van der Waals surface area contributed by atoms with E-state index in [0.717, 1.165) is 5.02 Å². The first-order valence-electron chi connectivity index (χ1n) is 5.41. The SMILES string of the molecule is C[P+]1(CCc2ccc(Cl)cc2)CC=CC1.[Br-]. The molecule has 1 heterocycles. The summed E-state index contributed by atoms with van der Waals surface area (Å²) in [7, 11) is -0.641. The minimum atomic E-state index is -0.641. The molecule has 0 radical (unpaired) electrons. The number of hydrogen-bond acceptors (Lipinski definition) is 0. The van der Waals surface area contributed by atoms with E-state index >= 15 is 0 Å².